The Morgan fingerprint density at radius 2 is 1.90 bits per heavy atom. The van der Waals surface area contributed by atoms with E-state index in [1.165, 1.54) is 12.1 Å². The van der Waals surface area contributed by atoms with E-state index in [1.54, 1.807) is 24.3 Å². The molecule has 0 saturated heterocycles. The Morgan fingerprint density at radius 3 is 2.57 bits per heavy atom. The topological polar surface area (TPSA) is 45.0 Å². The summed E-state index contributed by atoms with van der Waals surface area (Å²) >= 11 is 3.03. The van der Waals surface area contributed by atoms with E-state index in [0.29, 0.717) is 10.2 Å². The molecule has 108 valence electrons. The molecular formula is C15H11BrF2N2O. The Balaban J connectivity index is 2.08. The van der Waals surface area contributed by atoms with Gasteiger partial charge in [0.25, 0.3) is 0 Å². The van der Waals surface area contributed by atoms with Crippen molar-refractivity contribution in [2.24, 2.45) is 0 Å². The lowest BCUT2D eigenvalue weighted by molar-refractivity contribution is 0.368. The number of hydrogen-bond donors (Lipinski definition) is 1. The molecule has 1 N–H and O–H groups in total. The molecule has 0 saturated carbocycles. The standard InChI is InChI=1S/C15H11BrF2N2O/c16-11-7-13(17)15(14(18)8-11)20-9-10-2-1-3-12(6-10)21-5-4-19/h1-3,6-8,20H,5,9H2. The smallest absolute Gasteiger partial charge is 0.174 e. The molecule has 0 heterocycles. The summed E-state index contributed by atoms with van der Waals surface area (Å²) in [5.41, 5.74) is 0.605. The highest BCUT2D eigenvalue weighted by Crippen LogP contribution is 2.24. The maximum Gasteiger partial charge on any atom is 0.174 e. The Bertz CT molecular complexity index is 663. The number of rotatable bonds is 5. The molecule has 0 aliphatic rings. The van der Waals surface area contributed by atoms with Gasteiger partial charge in [-0.2, -0.15) is 5.26 Å². The lowest BCUT2D eigenvalue weighted by atomic mass is 10.2. The highest BCUT2D eigenvalue weighted by Gasteiger charge is 2.10. The van der Waals surface area contributed by atoms with Crippen LogP contribution in [0.25, 0.3) is 0 Å². The summed E-state index contributed by atoms with van der Waals surface area (Å²) in [7, 11) is 0. The van der Waals surface area contributed by atoms with E-state index >= 15 is 0 Å². The zero-order valence-corrected chi connectivity index (χ0v) is 12.5. The molecule has 0 radical (unpaired) electrons. The van der Waals surface area contributed by atoms with Gasteiger partial charge >= 0.3 is 0 Å². The van der Waals surface area contributed by atoms with Crippen LogP contribution in [0, 0.1) is 23.0 Å². The molecule has 0 amide bonds. The second kappa shape index (κ2) is 7.04. The molecule has 0 unspecified atom stereocenters. The summed E-state index contributed by atoms with van der Waals surface area (Å²) in [6.45, 7) is 0.187. The molecule has 0 aliphatic heterocycles. The number of nitrogens with one attached hydrogen (secondary N) is 1. The van der Waals surface area contributed by atoms with Crippen molar-refractivity contribution < 1.29 is 13.5 Å². The van der Waals surface area contributed by atoms with Crippen molar-refractivity contribution >= 4 is 21.6 Å². The van der Waals surface area contributed by atoms with E-state index in [2.05, 4.69) is 21.2 Å². The van der Waals surface area contributed by atoms with Crippen molar-refractivity contribution in [1.29, 1.82) is 5.26 Å². The molecular weight excluding hydrogens is 342 g/mol. The number of halogens is 3. The van der Waals surface area contributed by atoms with Gasteiger partial charge in [-0.3, -0.25) is 0 Å². The van der Waals surface area contributed by atoms with Crippen molar-refractivity contribution in [3.63, 3.8) is 0 Å². The predicted molar refractivity (Wildman–Crippen MR) is 78.9 cm³/mol. The molecule has 0 aliphatic carbocycles. The van der Waals surface area contributed by atoms with Crippen molar-refractivity contribution in [1.82, 2.24) is 0 Å². The third-order valence-electron chi connectivity index (χ3n) is 2.68. The second-order valence-corrected chi connectivity index (χ2v) is 5.11. The largest absolute Gasteiger partial charge is 0.479 e. The third-order valence-corrected chi connectivity index (χ3v) is 3.14. The van der Waals surface area contributed by atoms with E-state index in [4.69, 9.17) is 10.00 Å². The summed E-state index contributed by atoms with van der Waals surface area (Å²) < 4.78 is 32.8. The summed E-state index contributed by atoms with van der Waals surface area (Å²) in [6, 6.07) is 11.2. The van der Waals surface area contributed by atoms with Crippen LogP contribution in [0.15, 0.2) is 40.9 Å². The zero-order valence-electron chi connectivity index (χ0n) is 10.9. The number of anilines is 1. The molecule has 0 fully saturated rings. The number of hydrogen-bond acceptors (Lipinski definition) is 3. The zero-order chi connectivity index (χ0) is 15.2. The molecule has 2 rings (SSSR count). The van der Waals surface area contributed by atoms with Crippen LogP contribution in [0.3, 0.4) is 0 Å². The summed E-state index contributed by atoms with van der Waals surface area (Å²) in [5.74, 6) is -0.801. The van der Waals surface area contributed by atoms with Crippen LogP contribution in [0.5, 0.6) is 5.75 Å². The molecule has 3 nitrogen and oxygen atoms in total. The maximum absolute atomic E-state index is 13.7. The summed E-state index contributed by atoms with van der Waals surface area (Å²) in [6.07, 6.45) is 0. The molecule has 0 atom stereocenters. The van der Waals surface area contributed by atoms with Gasteiger partial charge in [-0.15, -0.1) is 0 Å². The minimum atomic E-state index is -0.668. The fourth-order valence-corrected chi connectivity index (χ4v) is 2.16. The first kappa shape index (κ1) is 15.3. The quantitative estimate of drug-likeness (QED) is 0.875. The SMILES string of the molecule is N#CCOc1cccc(CNc2c(F)cc(Br)cc2F)c1. The highest BCUT2D eigenvalue weighted by molar-refractivity contribution is 9.10. The van der Waals surface area contributed by atoms with Crippen molar-refractivity contribution in [2.45, 2.75) is 6.54 Å². The predicted octanol–water partition coefficient (Wildman–Crippen LogP) is 4.24. The van der Waals surface area contributed by atoms with Crippen LogP contribution in [-0.2, 0) is 6.54 Å². The number of nitrogens with zero attached hydrogens (tertiary/aromatic N) is 1. The number of ether oxygens (including phenoxy) is 1. The molecule has 21 heavy (non-hydrogen) atoms. The number of nitriles is 1. The Morgan fingerprint density at radius 1 is 1.19 bits per heavy atom. The Labute approximate surface area is 129 Å². The van der Waals surface area contributed by atoms with Crippen LogP contribution >= 0.6 is 15.9 Å². The molecule has 2 aromatic carbocycles. The first-order chi connectivity index (χ1) is 10.1. The Kier molecular flexibility index (Phi) is 5.12. The van der Waals surface area contributed by atoms with Gasteiger partial charge in [0.1, 0.15) is 29.1 Å². The van der Waals surface area contributed by atoms with Gasteiger partial charge in [-0.25, -0.2) is 8.78 Å². The monoisotopic (exact) mass is 352 g/mol. The summed E-state index contributed by atoms with van der Waals surface area (Å²) in [5, 5.41) is 11.2. The van der Waals surface area contributed by atoms with E-state index in [9.17, 15) is 8.78 Å². The molecule has 6 heteroatoms. The molecule has 0 spiro atoms. The number of benzene rings is 2. The van der Waals surface area contributed by atoms with E-state index in [-0.39, 0.29) is 18.8 Å². The fourth-order valence-electron chi connectivity index (χ4n) is 1.76. The van der Waals surface area contributed by atoms with Gasteiger partial charge in [-0.1, -0.05) is 28.1 Å². The average Bonchev–Trinajstić information content (AvgIpc) is 2.44. The third kappa shape index (κ3) is 4.17. The highest BCUT2D eigenvalue weighted by atomic mass is 79.9. The van der Waals surface area contributed by atoms with Crippen LogP contribution in [-0.4, -0.2) is 6.61 Å². The van der Waals surface area contributed by atoms with Crippen molar-refractivity contribution in [3.05, 3.63) is 58.1 Å². The van der Waals surface area contributed by atoms with E-state index in [0.717, 1.165) is 5.56 Å². The first-order valence-corrected chi connectivity index (χ1v) is 6.86. The van der Waals surface area contributed by atoms with Crippen LogP contribution in [0.4, 0.5) is 14.5 Å². The van der Waals surface area contributed by atoms with Gasteiger partial charge in [0, 0.05) is 11.0 Å². The van der Waals surface area contributed by atoms with E-state index < -0.39 is 11.6 Å². The van der Waals surface area contributed by atoms with Crippen LogP contribution in [0.2, 0.25) is 0 Å². The van der Waals surface area contributed by atoms with Crippen LogP contribution < -0.4 is 10.1 Å². The van der Waals surface area contributed by atoms with Gasteiger partial charge in [0.05, 0.1) is 0 Å². The van der Waals surface area contributed by atoms with Crippen LogP contribution in [0.1, 0.15) is 5.56 Å². The maximum atomic E-state index is 13.7. The second-order valence-electron chi connectivity index (χ2n) is 4.19. The molecule has 0 aromatic heterocycles. The first-order valence-electron chi connectivity index (χ1n) is 6.07. The normalized spacial score (nSPS) is 10.0. The molecule has 2 aromatic rings. The van der Waals surface area contributed by atoms with Gasteiger partial charge < -0.3 is 10.1 Å². The minimum absolute atomic E-state index is 0.0488. The lowest BCUT2D eigenvalue weighted by Gasteiger charge is -2.10. The fraction of sp³-hybridized carbons (Fsp3) is 0.133. The van der Waals surface area contributed by atoms with Crippen molar-refractivity contribution in [3.8, 4) is 11.8 Å². The van der Waals surface area contributed by atoms with Gasteiger partial charge in [-0.05, 0) is 29.8 Å². The lowest BCUT2D eigenvalue weighted by Crippen LogP contribution is -2.04. The summed E-state index contributed by atoms with van der Waals surface area (Å²) in [4.78, 5) is 0. The molecule has 0 bridgehead atoms. The average molecular weight is 353 g/mol. The van der Waals surface area contributed by atoms with Gasteiger partial charge in [0.2, 0.25) is 0 Å². The Hall–Kier alpha value is -2.13. The van der Waals surface area contributed by atoms with Gasteiger partial charge in [0.15, 0.2) is 6.61 Å². The van der Waals surface area contributed by atoms with E-state index in [1.807, 2.05) is 6.07 Å². The minimum Gasteiger partial charge on any atom is -0.479 e. The van der Waals surface area contributed by atoms with Crippen molar-refractivity contribution in [2.75, 3.05) is 11.9 Å².